The van der Waals surface area contributed by atoms with Crippen LogP contribution in [-0.4, -0.2) is 56.6 Å². The summed E-state index contributed by atoms with van der Waals surface area (Å²) in [6.07, 6.45) is 4.80. The zero-order valence-corrected chi connectivity index (χ0v) is 22.0. The monoisotopic (exact) mass is 476 g/mol. The standard InChI is InChI=1S/C29H48O5/c1-15(2)21-23(33)24(34)25-28(6)10-9-17-16-7-8-20(32)26(3,4)18(16)13-19(31)22(17)27(28,5)11-12-29(21,25)14-30/h9,15-16,18-25,30-34H,7-8,10-14H2,1-6H3/t16?,18?,19-,20-,21+,22-,23-,24+,25+,27-,28+,29+/m0/s1. The van der Waals surface area contributed by atoms with E-state index in [4.69, 9.17) is 0 Å². The van der Waals surface area contributed by atoms with Gasteiger partial charge < -0.3 is 25.5 Å². The first-order valence-electron chi connectivity index (χ1n) is 13.8. The third-order valence-corrected chi connectivity index (χ3v) is 12.6. The third-order valence-electron chi connectivity index (χ3n) is 12.6. The molecule has 0 aromatic carbocycles. The Morgan fingerprint density at radius 1 is 0.941 bits per heavy atom. The summed E-state index contributed by atoms with van der Waals surface area (Å²) in [6, 6.07) is 0. The highest BCUT2D eigenvalue weighted by Gasteiger charge is 2.73. The van der Waals surface area contributed by atoms with Gasteiger partial charge in [0, 0.05) is 23.9 Å². The molecule has 5 aliphatic carbocycles. The van der Waals surface area contributed by atoms with Gasteiger partial charge in [0.25, 0.3) is 0 Å². The van der Waals surface area contributed by atoms with Gasteiger partial charge in [0.15, 0.2) is 0 Å². The van der Waals surface area contributed by atoms with Gasteiger partial charge in [0.1, 0.15) is 0 Å². The van der Waals surface area contributed by atoms with Crippen molar-refractivity contribution in [3.05, 3.63) is 11.6 Å². The summed E-state index contributed by atoms with van der Waals surface area (Å²) in [7, 11) is 0. The highest BCUT2D eigenvalue weighted by molar-refractivity contribution is 5.32. The van der Waals surface area contributed by atoms with Crippen LogP contribution in [0.15, 0.2) is 11.6 Å². The predicted molar refractivity (Wildman–Crippen MR) is 132 cm³/mol. The van der Waals surface area contributed by atoms with Crippen molar-refractivity contribution in [2.75, 3.05) is 6.61 Å². The molecule has 0 aromatic rings. The Morgan fingerprint density at radius 3 is 2.24 bits per heavy atom. The van der Waals surface area contributed by atoms with E-state index in [0.29, 0.717) is 12.3 Å². The highest BCUT2D eigenvalue weighted by Crippen LogP contribution is 2.74. The van der Waals surface area contributed by atoms with E-state index >= 15 is 0 Å². The van der Waals surface area contributed by atoms with Crippen molar-refractivity contribution in [1.82, 2.24) is 0 Å². The summed E-state index contributed by atoms with van der Waals surface area (Å²) in [5, 5.41) is 56.0. The van der Waals surface area contributed by atoms with Gasteiger partial charge in [0.2, 0.25) is 0 Å². The molecule has 4 saturated carbocycles. The first kappa shape index (κ1) is 25.2. The Bertz CT molecular complexity index is 851. The second-order valence-corrected chi connectivity index (χ2v) is 14.3. The molecular weight excluding hydrogens is 428 g/mol. The molecule has 0 saturated heterocycles. The SMILES string of the molecule is CC(C)[C@@H]1[C@H](O)[C@@H](O)[C@H]2[C@@]1(CO)CC[C@@]1(C)[C@H]3C(=CC[C@]21C)C1CC[C@H](O)C(C)(C)C1C[C@@H]3O. The molecule has 5 aliphatic rings. The summed E-state index contributed by atoms with van der Waals surface area (Å²) in [5.41, 5.74) is 0.118. The zero-order valence-electron chi connectivity index (χ0n) is 22.0. The van der Waals surface area contributed by atoms with Gasteiger partial charge in [-0.05, 0) is 78.4 Å². The van der Waals surface area contributed by atoms with E-state index in [9.17, 15) is 25.5 Å². The Balaban J connectivity index is 1.60. The normalized spacial score (nSPS) is 56.2. The molecule has 0 spiro atoms. The van der Waals surface area contributed by atoms with Crippen LogP contribution in [0.1, 0.15) is 80.1 Å². The molecule has 0 heterocycles. The molecule has 12 atom stereocenters. The lowest BCUT2D eigenvalue weighted by atomic mass is 9.36. The molecule has 34 heavy (non-hydrogen) atoms. The van der Waals surface area contributed by atoms with Gasteiger partial charge in [-0.15, -0.1) is 0 Å². The number of aliphatic hydroxyl groups is 5. The van der Waals surface area contributed by atoms with Gasteiger partial charge in [-0.25, -0.2) is 0 Å². The molecule has 0 amide bonds. The Labute approximate surface area is 205 Å². The lowest BCUT2D eigenvalue weighted by Crippen LogP contribution is -2.65. The molecule has 5 N–H and O–H groups in total. The summed E-state index contributed by atoms with van der Waals surface area (Å²) < 4.78 is 0. The molecule has 0 bridgehead atoms. The van der Waals surface area contributed by atoms with E-state index < -0.39 is 23.7 Å². The topological polar surface area (TPSA) is 101 Å². The molecule has 5 rings (SSSR count). The fourth-order valence-corrected chi connectivity index (χ4v) is 10.8. The van der Waals surface area contributed by atoms with Gasteiger partial charge in [-0.3, -0.25) is 0 Å². The number of hydrogen-bond acceptors (Lipinski definition) is 5. The predicted octanol–water partition coefficient (Wildman–Crippen LogP) is 3.52. The van der Waals surface area contributed by atoms with Crippen LogP contribution >= 0.6 is 0 Å². The number of aliphatic hydroxyl groups excluding tert-OH is 5. The van der Waals surface area contributed by atoms with Crippen molar-refractivity contribution in [2.24, 2.45) is 57.2 Å². The Hall–Kier alpha value is -0.460. The van der Waals surface area contributed by atoms with E-state index in [0.717, 1.165) is 32.1 Å². The summed E-state index contributed by atoms with van der Waals surface area (Å²) in [5.74, 6) is 0.509. The number of hydrogen-bond donors (Lipinski definition) is 5. The van der Waals surface area contributed by atoms with Gasteiger partial charge in [0.05, 0.1) is 24.4 Å². The molecule has 2 unspecified atom stereocenters. The lowest BCUT2D eigenvalue weighted by molar-refractivity contribution is -0.204. The van der Waals surface area contributed by atoms with Crippen LogP contribution in [0.4, 0.5) is 0 Å². The Kier molecular flexibility index (Phi) is 5.76. The van der Waals surface area contributed by atoms with Crippen molar-refractivity contribution in [3.8, 4) is 0 Å². The van der Waals surface area contributed by atoms with E-state index in [1.54, 1.807) is 0 Å². The van der Waals surface area contributed by atoms with Crippen LogP contribution in [0.5, 0.6) is 0 Å². The van der Waals surface area contributed by atoms with Crippen LogP contribution in [0.2, 0.25) is 0 Å². The van der Waals surface area contributed by atoms with E-state index in [2.05, 4.69) is 47.6 Å². The second-order valence-electron chi connectivity index (χ2n) is 14.3. The molecule has 5 heteroatoms. The summed E-state index contributed by atoms with van der Waals surface area (Å²) in [4.78, 5) is 0. The maximum Gasteiger partial charge on any atom is 0.0842 e. The minimum atomic E-state index is -0.864. The van der Waals surface area contributed by atoms with Crippen molar-refractivity contribution >= 4 is 0 Å². The average molecular weight is 477 g/mol. The van der Waals surface area contributed by atoms with Gasteiger partial charge in [-0.2, -0.15) is 0 Å². The van der Waals surface area contributed by atoms with Crippen molar-refractivity contribution < 1.29 is 25.5 Å². The van der Waals surface area contributed by atoms with E-state index in [-0.39, 0.29) is 58.5 Å². The lowest BCUT2D eigenvalue weighted by Gasteiger charge is -2.68. The first-order valence-corrected chi connectivity index (χ1v) is 13.8. The van der Waals surface area contributed by atoms with Crippen molar-refractivity contribution in [2.45, 2.75) is 104 Å². The molecule has 5 nitrogen and oxygen atoms in total. The zero-order chi connectivity index (χ0) is 25.0. The minimum absolute atomic E-state index is 0.0130. The largest absolute Gasteiger partial charge is 0.396 e. The van der Waals surface area contributed by atoms with Crippen LogP contribution in [-0.2, 0) is 0 Å². The molecular formula is C29H48O5. The maximum atomic E-state index is 11.7. The minimum Gasteiger partial charge on any atom is -0.396 e. The first-order chi connectivity index (χ1) is 15.8. The number of fused-ring (bicyclic) bond motifs is 7. The Morgan fingerprint density at radius 2 is 1.62 bits per heavy atom. The third kappa shape index (κ3) is 2.85. The van der Waals surface area contributed by atoms with Gasteiger partial charge in [-0.1, -0.05) is 53.2 Å². The summed E-state index contributed by atoms with van der Waals surface area (Å²) >= 11 is 0. The molecule has 194 valence electrons. The molecule has 4 fully saturated rings. The quantitative estimate of drug-likeness (QED) is 0.393. The van der Waals surface area contributed by atoms with Crippen LogP contribution in [0.3, 0.4) is 0 Å². The van der Waals surface area contributed by atoms with Crippen LogP contribution in [0, 0.1) is 57.2 Å². The van der Waals surface area contributed by atoms with E-state index in [1.165, 1.54) is 5.57 Å². The fourth-order valence-electron chi connectivity index (χ4n) is 10.8. The molecule has 0 aromatic heterocycles. The number of rotatable bonds is 2. The average Bonchev–Trinajstić information content (AvgIpc) is 3.00. The highest BCUT2D eigenvalue weighted by atomic mass is 16.3. The number of allylic oxidation sites excluding steroid dienone is 1. The van der Waals surface area contributed by atoms with Crippen molar-refractivity contribution in [1.29, 1.82) is 0 Å². The van der Waals surface area contributed by atoms with Gasteiger partial charge >= 0.3 is 0 Å². The smallest absolute Gasteiger partial charge is 0.0842 e. The van der Waals surface area contributed by atoms with E-state index in [1.807, 2.05) is 0 Å². The second kappa shape index (κ2) is 7.77. The molecule has 0 aliphatic heterocycles. The fraction of sp³-hybridized carbons (Fsp3) is 0.931. The van der Waals surface area contributed by atoms with Crippen LogP contribution in [0.25, 0.3) is 0 Å². The van der Waals surface area contributed by atoms with Crippen molar-refractivity contribution in [3.63, 3.8) is 0 Å². The molecule has 0 radical (unpaired) electrons. The van der Waals surface area contributed by atoms with Crippen LogP contribution < -0.4 is 0 Å². The summed E-state index contributed by atoms with van der Waals surface area (Å²) in [6.45, 7) is 13.1. The maximum absolute atomic E-state index is 11.7.